The SMILES string of the molecule is CCCNCc1ccc(OCCN(C)C)c(F)c1. The number of nitrogens with zero attached hydrogens (tertiary/aromatic N) is 1. The third-order valence-corrected chi connectivity index (χ3v) is 2.55. The first-order valence-corrected chi connectivity index (χ1v) is 6.40. The molecule has 0 atom stereocenters. The minimum absolute atomic E-state index is 0.287. The fourth-order valence-corrected chi connectivity index (χ4v) is 1.52. The van der Waals surface area contributed by atoms with E-state index in [1.54, 1.807) is 6.07 Å². The number of halogens is 1. The average Bonchev–Trinajstić information content (AvgIpc) is 2.32. The lowest BCUT2D eigenvalue weighted by molar-refractivity contribution is 0.252. The highest BCUT2D eigenvalue weighted by Crippen LogP contribution is 2.18. The Kier molecular flexibility index (Phi) is 6.68. The van der Waals surface area contributed by atoms with Gasteiger partial charge in [-0.3, -0.25) is 0 Å². The second kappa shape index (κ2) is 8.06. The van der Waals surface area contributed by atoms with Gasteiger partial charge in [0.15, 0.2) is 11.6 Å². The molecule has 102 valence electrons. The second-order valence-corrected chi connectivity index (χ2v) is 4.59. The third kappa shape index (κ3) is 5.47. The molecule has 0 aliphatic rings. The van der Waals surface area contributed by atoms with Gasteiger partial charge in [0.05, 0.1) is 0 Å². The van der Waals surface area contributed by atoms with Gasteiger partial charge in [-0.15, -0.1) is 0 Å². The summed E-state index contributed by atoms with van der Waals surface area (Å²) in [5, 5.41) is 3.24. The number of hydrogen-bond donors (Lipinski definition) is 1. The molecule has 0 spiro atoms. The van der Waals surface area contributed by atoms with Gasteiger partial charge in [-0.2, -0.15) is 0 Å². The molecule has 0 amide bonds. The molecule has 0 saturated heterocycles. The van der Waals surface area contributed by atoms with Crippen LogP contribution in [0.2, 0.25) is 0 Å². The van der Waals surface area contributed by atoms with Crippen LogP contribution >= 0.6 is 0 Å². The summed E-state index contributed by atoms with van der Waals surface area (Å²) in [5.41, 5.74) is 0.945. The van der Waals surface area contributed by atoms with Crippen LogP contribution in [-0.2, 0) is 6.54 Å². The van der Waals surface area contributed by atoms with Crippen LogP contribution in [0.15, 0.2) is 18.2 Å². The van der Waals surface area contributed by atoms with Crippen molar-refractivity contribution in [2.24, 2.45) is 0 Å². The molecule has 0 aliphatic carbocycles. The quantitative estimate of drug-likeness (QED) is 0.720. The molecule has 3 nitrogen and oxygen atoms in total. The summed E-state index contributed by atoms with van der Waals surface area (Å²) in [6.45, 7) is 5.03. The van der Waals surface area contributed by atoms with E-state index in [0.29, 0.717) is 18.9 Å². The molecule has 1 aromatic carbocycles. The van der Waals surface area contributed by atoms with E-state index in [0.717, 1.165) is 25.1 Å². The molecule has 1 rings (SSSR count). The van der Waals surface area contributed by atoms with Gasteiger partial charge in [0.1, 0.15) is 6.61 Å². The zero-order valence-electron chi connectivity index (χ0n) is 11.5. The molecule has 0 aromatic heterocycles. The van der Waals surface area contributed by atoms with Crippen LogP contribution in [0.25, 0.3) is 0 Å². The van der Waals surface area contributed by atoms with Gasteiger partial charge in [-0.05, 0) is 44.8 Å². The number of rotatable bonds is 8. The Morgan fingerprint density at radius 1 is 1.33 bits per heavy atom. The topological polar surface area (TPSA) is 24.5 Å². The Morgan fingerprint density at radius 3 is 2.72 bits per heavy atom. The van der Waals surface area contributed by atoms with Crippen LogP contribution in [0, 0.1) is 5.82 Å². The number of hydrogen-bond acceptors (Lipinski definition) is 3. The van der Waals surface area contributed by atoms with E-state index >= 15 is 0 Å². The highest BCUT2D eigenvalue weighted by molar-refractivity contribution is 5.29. The molecule has 0 aliphatic heterocycles. The molecule has 0 saturated carbocycles. The van der Waals surface area contributed by atoms with Crippen molar-refractivity contribution in [3.05, 3.63) is 29.6 Å². The van der Waals surface area contributed by atoms with E-state index in [9.17, 15) is 4.39 Å². The lowest BCUT2D eigenvalue weighted by atomic mass is 10.2. The fourth-order valence-electron chi connectivity index (χ4n) is 1.52. The molecule has 0 heterocycles. The lowest BCUT2D eigenvalue weighted by Crippen LogP contribution is -2.19. The van der Waals surface area contributed by atoms with Crippen LogP contribution in [0.5, 0.6) is 5.75 Å². The fraction of sp³-hybridized carbons (Fsp3) is 0.571. The van der Waals surface area contributed by atoms with E-state index < -0.39 is 0 Å². The number of benzene rings is 1. The number of nitrogens with one attached hydrogen (secondary N) is 1. The molecular weight excluding hydrogens is 231 g/mol. The predicted molar refractivity (Wildman–Crippen MR) is 72.4 cm³/mol. The van der Waals surface area contributed by atoms with Crippen molar-refractivity contribution < 1.29 is 9.13 Å². The second-order valence-electron chi connectivity index (χ2n) is 4.59. The van der Waals surface area contributed by atoms with E-state index in [2.05, 4.69) is 12.2 Å². The Labute approximate surface area is 109 Å². The molecular formula is C14H23FN2O. The molecule has 4 heteroatoms. The highest BCUT2D eigenvalue weighted by atomic mass is 19.1. The number of likely N-dealkylation sites (N-methyl/N-ethyl adjacent to an activating group) is 1. The molecule has 0 fully saturated rings. The molecule has 0 radical (unpaired) electrons. The van der Waals surface area contributed by atoms with Gasteiger partial charge in [0.25, 0.3) is 0 Å². The van der Waals surface area contributed by atoms with Gasteiger partial charge >= 0.3 is 0 Å². The lowest BCUT2D eigenvalue weighted by Gasteiger charge is -2.12. The van der Waals surface area contributed by atoms with Crippen LogP contribution in [0.4, 0.5) is 4.39 Å². The Hall–Kier alpha value is -1.13. The molecule has 1 N–H and O–H groups in total. The first kappa shape index (κ1) is 14.9. The van der Waals surface area contributed by atoms with Crippen molar-refractivity contribution in [3.63, 3.8) is 0 Å². The first-order chi connectivity index (χ1) is 8.63. The monoisotopic (exact) mass is 254 g/mol. The van der Waals surface area contributed by atoms with Crippen molar-refractivity contribution in [3.8, 4) is 5.75 Å². The zero-order valence-corrected chi connectivity index (χ0v) is 11.5. The van der Waals surface area contributed by atoms with Crippen LogP contribution in [-0.4, -0.2) is 38.7 Å². The summed E-state index contributed by atoms with van der Waals surface area (Å²) in [6, 6.07) is 5.14. The summed E-state index contributed by atoms with van der Waals surface area (Å²) in [4.78, 5) is 2.00. The van der Waals surface area contributed by atoms with Gasteiger partial charge < -0.3 is 15.0 Å². The summed E-state index contributed by atoms with van der Waals surface area (Å²) in [7, 11) is 3.92. The Morgan fingerprint density at radius 2 is 2.11 bits per heavy atom. The minimum Gasteiger partial charge on any atom is -0.489 e. The standard InChI is InChI=1S/C14H23FN2O/c1-4-7-16-11-12-5-6-14(13(15)10-12)18-9-8-17(2)3/h5-6,10,16H,4,7-9,11H2,1-3H3. The summed E-state index contributed by atoms with van der Waals surface area (Å²) >= 11 is 0. The summed E-state index contributed by atoms with van der Waals surface area (Å²) in [5.74, 6) is 0.0423. The summed E-state index contributed by atoms with van der Waals surface area (Å²) < 4.78 is 19.1. The van der Waals surface area contributed by atoms with Gasteiger partial charge in [0.2, 0.25) is 0 Å². The first-order valence-electron chi connectivity index (χ1n) is 6.40. The predicted octanol–water partition coefficient (Wildman–Crippen LogP) is 2.27. The maximum absolute atomic E-state index is 13.7. The zero-order chi connectivity index (χ0) is 13.4. The molecule has 1 aromatic rings. The largest absolute Gasteiger partial charge is 0.489 e. The highest BCUT2D eigenvalue weighted by Gasteiger charge is 2.04. The van der Waals surface area contributed by atoms with Gasteiger partial charge in [0, 0.05) is 13.1 Å². The van der Waals surface area contributed by atoms with Crippen molar-refractivity contribution in [2.45, 2.75) is 19.9 Å². The van der Waals surface area contributed by atoms with Crippen LogP contribution in [0.3, 0.4) is 0 Å². The van der Waals surface area contributed by atoms with E-state index in [1.165, 1.54) is 6.07 Å². The average molecular weight is 254 g/mol. The maximum Gasteiger partial charge on any atom is 0.165 e. The molecule has 18 heavy (non-hydrogen) atoms. The van der Waals surface area contributed by atoms with Crippen LogP contribution < -0.4 is 10.1 Å². The molecule has 0 unspecified atom stereocenters. The van der Waals surface area contributed by atoms with Crippen LogP contribution in [0.1, 0.15) is 18.9 Å². The summed E-state index contributed by atoms with van der Waals surface area (Å²) in [6.07, 6.45) is 1.08. The Balaban J connectivity index is 2.46. The van der Waals surface area contributed by atoms with Crippen molar-refractivity contribution in [2.75, 3.05) is 33.8 Å². The minimum atomic E-state index is -0.287. The molecule has 0 bridgehead atoms. The smallest absolute Gasteiger partial charge is 0.165 e. The maximum atomic E-state index is 13.7. The Bertz CT molecular complexity index is 356. The number of ether oxygens (including phenoxy) is 1. The van der Waals surface area contributed by atoms with E-state index in [-0.39, 0.29) is 5.82 Å². The van der Waals surface area contributed by atoms with Crippen molar-refractivity contribution in [1.29, 1.82) is 0 Å². The van der Waals surface area contributed by atoms with E-state index in [4.69, 9.17) is 4.74 Å². The van der Waals surface area contributed by atoms with Gasteiger partial charge in [-0.1, -0.05) is 13.0 Å². The van der Waals surface area contributed by atoms with E-state index in [1.807, 2.05) is 25.1 Å². The van der Waals surface area contributed by atoms with Crippen molar-refractivity contribution >= 4 is 0 Å². The normalized spacial score (nSPS) is 10.9. The van der Waals surface area contributed by atoms with Gasteiger partial charge in [-0.25, -0.2) is 4.39 Å². The van der Waals surface area contributed by atoms with Crippen molar-refractivity contribution in [1.82, 2.24) is 10.2 Å². The third-order valence-electron chi connectivity index (χ3n) is 2.55.